The first-order valence-electron chi connectivity index (χ1n) is 3.68. The maximum absolute atomic E-state index is 10.4. The quantitative estimate of drug-likeness (QED) is 0.842. The van der Waals surface area contributed by atoms with Crippen molar-refractivity contribution in [3.8, 4) is 11.8 Å². The van der Waals surface area contributed by atoms with E-state index in [4.69, 9.17) is 10.4 Å². The van der Waals surface area contributed by atoms with E-state index in [2.05, 4.69) is 15.9 Å². The summed E-state index contributed by atoms with van der Waals surface area (Å²) in [5.41, 5.74) is 0.524. The minimum Gasteiger partial charge on any atom is -0.507 e. The summed E-state index contributed by atoms with van der Waals surface area (Å²) in [6.45, 7) is 0. The van der Waals surface area contributed by atoms with Crippen LogP contribution in [0.1, 0.15) is 11.1 Å². The molecule has 4 nitrogen and oxygen atoms in total. The monoisotopic (exact) mass is 255 g/mol. The summed E-state index contributed by atoms with van der Waals surface area (Å²) < 4.78 is 0.336. The van der Waals surface area contributed by atoms with Crippen LogP contribution in [0, 0.1) is 11.3 Å². The number of halogens is 1. The first-order chi connectivity index (χ1) is 6.56. The molecule has 0 aliphatic heterocycles. The standard InChI is InChI=1S/C9H6BrNO3/c10-9-5(3-8(13)14)1-2-7(12)6(9)4-11/h1-2,12H,3H2,(H,13,14). The minimum atomic E-state index is -0.986. The van der Waals surface area contributed by atoms with Crippen molar-refractivity contribution in [2.45, 2.75) is 6.42 Å². The Labute approximate surface area is 88.5 Å². The van der Waals surface area contributed by atoms with Gasteiger partial charge in [0.15, 0.2) is 0 Å². The maximum Gasteiger partial charge on any atom is 0.307 e. The Bertz CT molecular complexity index is 423. The van der Waals surface area contributed by atoms with Gasteiger partial charge in [0, 0.05) is 4.47 Å². The summed E-state index contributed by atoms with van der Waals surface area (Å²) in [5.74, 6) is -1.14. The molecule has 72 valence electrons. The third-order valence-electron chi connectivity index (χ3n) is 1.65. The SMILES string of the molecule is N#Cc1c(O)ccc(CC(=O)O)c1Br. The topological polar surface area (TPSA) is 81.3 Å². The predicted molar refractivity (Wildman–Crippen MR) is 51.9 cm³/mol. The van der Waals surface area contributed by atoms with Crippen LogP contribution in [0.15, 0.2) is 16.6 Å². The van der Waals surface area contributed by atoms with E-state index in [0.717, 1.165) is 0 Å². The highest BCUT2D eigenvalue weighted by Crippen LogP contribution is 2.28. The predicted octanol–water partition coefficient (Wildman–Crippen LogP) is 1.65. The molecule has 0 unspecified atom stereocenters. The van der Waals surface area contributed by atoms with Crippen LogP contribution in [0.25, 0.3) is 0 Å². The van der Waals surface area contributed by atoms with E-state index in [1.165, 1.54) is 12.1 Å². The van der Waals surface area contributed by atoms with Gasteiger partial charge in [0.1, 0.15) is 17.4 Å². The molecule has 0 aromatic heterocycles. The van der Waals surface area contributed by atoms with E-state index < -0.39 is 5.97 Å². The highest BCUT2D eigenvalue weighted by Gasteiger charge is 2.12. The largest absolute Gasteiger partial charge is 0.507 e. The van der Waals surface area contributed by atoms with Crippen molar-refractivity contribution in [3.05, 3.63) is 27.7 Å². The minimum absolute atomic E-state index is 0.0590. The number of benzene rings is 1. The number of carbonyl (C=O) groups is 1. The molecule has 0 aliphatic carbocycles. The maximum atomic E-state index is 10.4. The van der Waals surface area contributed by atoms with Gasteiger partial charge in [0.2, 0.25) is 0 Å². The first-order valence-corrected chi connectivity index (χ1v) is 4.47. The number of hydrogen-bond donors (Lipinski definition) is 2. The molecule has 0 heterocycles. The summed E-state index contributed by atoms with van der Waals surface area (Å²) in [6.07, 6.45) is -0.185. The normalized spacial score (nSPS) is 9.43. The fourth-order valence-electron chi connectivity index (χ4n) is 1.01. The Morgan fingerprint density at radius 3 is 2.71 bits per heavy atom. The molecule has 14 heavy (non-hydrogen) atoms. The van der Waals surface area contributed by atoms with E-state index >= 15 is 0 Å². The average Bonchev–Trinajstić information content (AvgIpc) is 2.10. The number of carboxylic acids is 1. The third kappa shape index (κ3) is 2.03. The van der Waals surface area contributed by atoms with Gasteiger partial charge in [-0.05, 0) is 27.6 Å². The van der Waals surface area contributed by atoms with Crippen LogP contribution >= 0.6 is 15.9 Å². The highest BCUT2D eigenvalue weighted by molar-refractivity contribution is 9.10. The molecule has 0 spiro atoms. The number of nitriles is 1. The Kier molecular flexibility index (Phi) is 3.10. The lowest BCUT2D eigenvalue weighted by molar-refractivity contribution is -0.136. The number of aliphatic carboxylic acids is 1. The van der Waals surface area contributed by atoms with E-state index in [9.17, 15) is 9.90 Å². The lowest BCUT2D eigenvalue weighted by Crippen LogP contribution is -2.01. The van der Waals surface area contributed by atoms with Crippen LogP contribution in [0.3, 0.4) is 0 Å². The Balaban J connectivity index is 3.23. The molecule has 1 aromatic carbocycles. The molecular weight excluding hydrogens is 250 g/mol. The van der Waals surface area contributed by atoms with Crippen LogP contribution in [0.2, 0.25) is 0 Å². The van der Waals surface area contributed by atoms with Crippen molar-refractivity contribution >= 4 is 21.9 Å². The van der Waals surface area contributed by atoms with Crippen molar-refractivity contribution in [2.24, 2.45) is 0 Å². The first kappa shape index (κ1) is 10.5. The van der Waals surface area contributed by atoms with Crippen LogP contribution in [-0.2, 0) is 11.2 Å². The fraction of sp³-hybridized carbons (Fsp3) is 0.111. The second-order valence-corrected chi connectivity index (χ2v) is 3.41. The Hall–Kier alpha value is -1.54. The van der Waals surface area contributed by atoms with Gasteiger partial charge in [-0.3, -0.25) is 4.79 Å². The molecule has 0 atom stereocenters. The number of carboxylic acid groups (broad SMARTS) is 1. The number of aromatic hydroxyl groups is 1. The summed E-state index contributed by atoms with van der Waals surface area (Å²) in [7, 11) is 0. The highest BCUT2D eigenvalue weighted by atomic mass is 79.9. The average molecular weight is 256 g/mol. The molecule has 0 saturated carbocycles. The summed E-state index contributed by atoms with van der Waals surface area (Å²) >= 11 is 3.07. The molecule has 0 aliphatic rings. The van der Waals surface area contributed by atoms with Crippen molar-refractivity contribution < 1.29 is 15.0 Å². The Morgan fingerprint density at radius 2 is 2.21 bits per heavy atom. The van der Waals surface area contributed by atoms with Gasteiger partial charge in [-0.1, -0.05) is 6.07 Å². The molecule has 0 saturated heterocycles. The van der Waals surface area contributed by atoms with Gasteiger partial charge in [0.05, 0.1) is 6.42 Å². The van der Waals surface area contributed by atoms with Gasteiger partial charge in [-0.25, -0.2) is 0 Å². The number of nitrogens with zero attached hydrogens (tertiary/aromatic N) is 1. The van der Waals surface area contributed by atoms with Gasteiger partial charge in [-0.2, -0.15) is 5.26 Å². The second-order valence-electron chi connectivity index (χ2n) is 2.62. The zero-order valence-electron chi connectivity index (χ0n) is 6.99. The molecule has 0 amide bonds. The summed E-state index contributed by atoms with van der Waals surface area (Å²) in [6, 6.07) is 4.56. The van der Waals surface area contributed by atoms with E-state index in [-0.39, 0.29) is 17.7 Å². The summed E-state index contributed by atoms with van der Waals surface area (Å²) in [5, 5.41) is 26.5. The smallest absolute Gasteiger partial charge is 0.307 e. The fourth-order valence-corrected chi connectivity index (χ4v) is 1.58. The van der Waals surface area contributed by atoms with Crippen molar-refractivity contribution in [1.29, 1.82) is 5.26 Å². The molecular formula is C9H6BrNO3. The van der Waals surface area contributed by atoms with Crippen LogP contribution in [0.5, 0.6) is 5.75 Å². The molecule has 0 bridgehead atoms. The second kappa shape index (κ2) is 4.11. The third-order valence-corrected chi connectivity index (χ3v) is 2.56. The molecule has 0 fully saturated rings. The molecule has 5 heteroatoms. The van der Waals surface area contributed by atoms with Crippen molar-refractivity contribution in [3.63, 3.8) is 0 Å². The van der Waals surface area contributed by atoms with Crippen molar-refractivity contribution in [1.82, 2.24) is 0 Å². The number of phenols is 1. The van der Waals surface area contributed by atoms with Gasteiger partial charge < -0.3 is 10.2 Å². The molecule has 1 rings (SSSR count). The van der Waals surface area contributed by atoms with Crippen LogP contribution in [-0.4, -0.2) is 16.2 Å². The zero-order valence-corrected chi connectivity index (χ0v) is 8.58. The number of hydrogen-bond acceptors (Lipinski definition) is 3. The zero-order chi connectivity index (χ0) is 10.7. The Morgan fingerprint density at radius 1 is 1.57 bits per heavy atom. The van der Waals surface area contributed by atoms with E-state index in [0.29, 0.717) is 10.0 Å². The van der Waals surface area contributed by atoms with Crippen LogP contribution in [0.4, 0.5) is 0 Å². The lowest BCUT2D eigenvalue weighted by Gasteiger charge is -2.04. The molecule has 0 radical (unpaired) electrons. The lowest BCUT2D eigenvalue weighted by atomic mass is 10.1. The van der Waals surface area contributed by atoms with Gasteiger partial charge in [0.25, 0.3) is 0 Å². The summed E-state index contributed by atoms with van der Waals surface area (Å²) in [4.78, 5) is 10.4. The van der Waals surface area contributed by atoms with Gasteiger partial charge in [-0.15, -0.1) is 0 Å². The molecule has 1 aromatic rings. The van der Waals surface area contributed by atoms with Crippen molar-refractivity contribution in [2.75, 3.05) is 0 Å². The van der Waals surface area contributed by atoms with E-state index in [1.807, 2.05) is 0 Å². The van der Waals surface area contributed by atoms with E-state index in [1.54, 1.807) is 6.07 Å². The van der Waals surface area contributed by atoms with Gasteiger partial charge >= 0.3 is 5.97 Å². The van der Waals surface area contributed by atoms with Crippen LogP contribution < -0.4 is 0 Å². The number of phenolic OH excluding ortho intramolecular Hbond substituents is 1. The molecule has 2 N–H and O–H groups in total. The number of rotatable bonds is 2.